The summed E-state index contributed by atoms with van der Waals surface area (Å²) in [6, 6.07) is 11.2. The number of fused-ring (bicyclic) bond motifs is 2. The van der Waals surface area contributed by atoms with Crippen molar-refractivity contribution in [2.45, 2.75) is 51.5 Å². The number of ether oxygens (including phenoxy) is 1. The number of rotatable bonds is 6. The van der Waals surface area contributed by atoms with E-state index >= 15 is 0 Å². The van der Waals surface area contributed by atoms with Gasteiger partial charge in [-0.05, 0) is 66.3 Å². The molecule has 184 valence electrons. The van der Waals surface area contributed by atoms with Crippen molar-refractivity contribution in [1.29, 1.82) is 0 Å². The fraction of sp³-hybridized carbons (Fsp3) is 0.385. The number of urea groups is 1. The molecule has 0 radical (unpaired) electrons. The summed E-state index contributed by atoms with van der Waals surface area (Å²) in [4.78, 5) is 17.8. The first-order chi connectivity index (χ1) is 17.1. The standard InChI is InChI=1S/C26H31N5O3S/c27-16-23(25-28-13-6-14-34-25)35(33,29-17-18-7-2-1-3-8-18)31-26(32)30-24-21-11-4-9-19(21)15-20-10-5-12-22(20)24/h1-3,7-8,15-16H,4-6,9-14,17,27H2,(H2,29,30,31,32,33). The van der Waals surface area contributed by atoms with E-state index in [9.17, 15) is 9.00 Å². The number of amides is 2. The van der Waals surface area contributed by atoms with Gasteiger partial charge in [-0.15, -0.1) is 0 Å². The van der Waals surface area contributed by atoms with E-state index in [4.69, 9.17) is 10.5 Å². The molecule has 2 amide bonds. The van der Waals surface area contributed by atoms with Gasteiger partial charge in [0.2, 0.25) is 5.90 Å². The predicted molar refractivity (Wildman–Crippen MR) is 139 cm³/mol. The molecule has 0 aromatic heterocycles. The lowest BCUT2D eigenvalue weighted by Crippen LogP contribution is -2.38. The lowest BCUT2D eigenvalue weighted by Gasteiger charge is -2.21. The Bertz CT molecular complexity index is 1280. The Balaban J connectivity index is 1.47. The summed E-state index contributed by atoms with van der Waals surface area (Å²) in [6.07, 6.45) is 8.03. The van der Waals surface area contributed by atoms with Crippen LogP contribution >= 0.6 is 0 Å². The zero-order valence-corrected chi connectivity index (χ0v) is 20.5. The van der Waals surface area contributed by atoms with Gasteiger partial charge in [0.25, 0.3) is 0 Å². The van der Waals surface area contributed by atoms with Crippen LogP contribution in [0.5, 0.6) is 0 Å². The molecule has 1 aliphatic heterocycles. The molecule has 3 aliphatic rings. The zero-order chi connectivity index (χ0) is 24.3. The van der Waals surface area contributed by atoms with Crippen LogP contribution in [-0.2, 0) is 46.9 Å². The van der Waals surface area contributed by atoms with Crippen molar-refractivity contribution in [3.8, 4) is 0 Å². The first-order valence-electron chi connectivity index (χ1n) is 12.2. The Morgan fingerprint density at radius 1 is 1.09 bits per heavy atom. The molecule has 4 N–H and O–H groups in total. The second-order valence-corrected chi connectivity index (χ2v) is 11.0. The molecule has 0 saturated carbocycles. The number of aliphatic imine (C=N–C) groups is 1. The second kappa shape index (κ2) is 10.1. The smallest absolute Gasteiger partial charge is 0.331 e. The van der Waals surface area contributed by atoms with Crippen molar-refractivity contribution in [1.82, 2.24) is 4.72 Å². The van der Waals surface area contributed by atoms with Crippen LogP contribution in [0.2, 0.25) is 0 Å². The van der Waals surface area contributed by atoms with Gasteiger partial charge < -0.3 is 15.8 Å². The third-order valence-electron chi connectivity index (χ3n) is 6.67. The van der Waals surface area contributed by atoms with Crippen LogP contribution in [-0.4, -0.2) is 29.3 Å². The SMILES string of the molecule is NC=C(C1=NCCCO1)S(=O)(=NCc1ccccc1)NC(=O)Nc1c2c(cc3c1CCC3)CCC2. The number of hydrogen-bond donors (Lipinski definition) is 3. The van der Waals surface area contributed by atoms with Gasteiger partial charge in [0.05, 0.1) is 13.2 Å². The van der Waals surface area contributed by atoms with E-state index in [1.165, 1.54) is 28.5 Å². The number of benzene rings is 2. The normalized spacial score (nSPS) is 18.5. The topological polar surface area (TPSA) is 118 Å². The lowest BCUT2D eigenvalue weighted by atomic mass is 9.99. The molecule has 2 aromatic carbocycles. The maximum absolute atomic E-state index is 14.2. The maximum atomic E-state index is 14.2. The van der Waals surface area contributed by atoms with E-state index in [-0.39, 0.29) is 17.3 Å². The monoisotopic (exact) mass is 493 g/mol. The summed E-state index contributed by atoms with van der Waals surface area (Å²) in [5, 5.41) is 3.04. The number of carbonyl (C=O) groups is 1. The van der Waals surface area contributed by atoms with Gasteiger partial charge in [-0.3, -0.25) is 4.99 Å². The van der Waals surface area contributed by atoms with Gasteiger partial charge >= 0.3 is 6.03 Å². The molecule has 0 fully saturated rings. The highest BCUT2D eigenvalue weighted by molar-refractivity contribution is 7.97. The summed E-state index contributed by atoms with van der Waals surface area (Å²) < 4.78 is 26.9. The highest BCUT2D eigenvalue weighted by atomic mass is 32.2. The average molecular weight is 494 g/mol. The predicted octanol–water partition coefficient (Wildman–Crippen LogP) is 3.99. The molecule has 0 saturated heterocycles. The number of nitrogens with two attached hydrogens (primary N) is 1. The maximum Gasteiger partial charge on any atom is 0.331 e. The van der Waals surface area contributed by atoms with Gasteiger partial charge in [-0.1, -0.05) is 36.4 Å². The molecule has 1 heterocycles. The summed E-state index contributed by atoms with van der Waals surface area (Å²) >= 11 is 0. The third-order valence-corrected chi connectivity index (χ3v) is 8.53. The van der Waals surface area contributed by atoms with Crippen molar-refractivity contribution in [2.24, 2.45) is 15.1 Å². The van der Waals surface area contributed by atoms with Crippen molar-refractivity contribution < 1.29 is 13.7 Å². The molecular weight excluding hydrogens is 462 g/mol. The van der Waals surface area contributed by atoms with Gasteiger partial charge in [0.1, 0.15) is 4.91 Å². The van der Waals surface area contributed by atoms with Crippen LogP contribution in [0.15, 0.2) is 56.9 Å². The highest BCUT2D eigenvalue weighted by Crippen LogP contribution is 2.38. The van der Waals surface area contributed by atoms with E-state index in [1.807, 2.05) is 30.3 Å². The van der Waals surface area contributed by atoms with Crippen molar-refractivity contribution in [3.63, 3.8) is 0 Å². The fourth-order valence-electron chi connectivity index (χ4n) is 5.03. The first kappa shape index (κ1) is 23.4. The number of hydrogen-bond acceptors (Lipinski definition) is 6. The van der Waals surface area contributed by atoms with E-state index in [0.717, 1.165) is 56.2 Å². The zero-order valence-electron chi connectivity index (χ0n) is 19.7. The highest BCUT2D eigenvalue weighted by Gasteiger charge is 2.29. The summed E-state index contributed by atoms with van der Waals surface area (Å²) in [6.45, 7) is 1.12. The van der Waals surface area contributed by atoms with Crippen LogP contribution in [0, 0.1) is 0 Å². The molecule has 8 nitrogen and oxygen atoms in total. The minimum atomic E-state index is -3.48. The molecule has 0 spiro atoms. The minimum absolute atomic E-state index is 0.0896. The van der Waals surface area contributed by atoms with Crippen LogP contribution in [0.25, 0.3) is 0 Å². The molecule has 2 aromatic rings. The second-order valence-electron chi connectivity index (χ2n) is 9.01. The largest absolute Gasteiger partial charge is 0.477 e. The molecule has 1 unspecified atom stereocenters. The molecule has 9 heteroatoms. The van der Waals surface area contributed by atoms with Gasteiger partial charge in [0, 0.05) is 24.9 Å². The Labute approximate surface area is 206 Å². The Morgan fingerprint density at radius 2 is 1.80 bits per heavy atom. The Hall–Kier alpha value is -3.33. The first-order valence-corrected chi connectivity index (χ1v) is 13.7. The number of aryl methyl sites for hydroxylation is 2. The van der Waals surface area contributed by atoms with Crippen LogP contribution in [0.1, 0.15) is 47.1 Å². The van der Waals surface area contributed by atoms with E-state index in [0.29, 0.717) is 13.2 Å². The molecule has 5 rings (SSSR count). The molecule has 0 bridgehead atoms. The van der Waals surface area contributed by atoms with Crippen molar-refractivity contribution >= 4 is 27.5 Å². The van der Waals surface area contributed by atoms with E-state index < -0.39 is 15.9 Å². The number of nitrogens with zero attached hydrogens (tertiary/aromatic N) is 2. The van der Waals surface area contributed by atoms with Crippen LogP contribution in [0.4, 0.5) is 10.5 Å². The fourth-order valence-corrected chi connectivity index (χ4v) is 6.52. The van der Waals surface area contributed by atoms with Gasteiger partial charge in [-0.25, -0.2) is 18.1 Å². The van der Waals surface area contributed by atoms with Crippen LogP contribution < -0.4 is 15.8 Å². The quantitative estimate of drug-likeness (QED) is 0.564. The Kier molecular flexibility index (Phi) is 6.77. The molecule has 1 atom stereocenters. The molecule has 2 aliphatic carbocycles. The number of nitrogens with one attached hydrogen (secondary N) is 2. The van der Waals surface area contributed by atoms with Crippen LogP contribution in [0.3, 0.4) is 0 Å². The van der Waals surface area contributed by atoms with Crippen molar-refractivity contribution in [2.75, 3.05) is 18.5 Å². The third kappa shape index (κ3) is 4.91. The minimum Gasteiger partial charge on any atom is -0.477 e. The molecular formula is C26H31N5O3S. The van der Waals surface area contributed by atoms with Crippen molar-refractivity contribution in [3.05, 3.63) is 75.3 Å². The Morgan fingerprint density at radius 3 is 2.43 bits per heavy atom. The number of carbonyl (C=O) groups excluding carboxylic acids is 1. The average Bonchev–Trinajstić information content (AvgIpc) is 3.54. The summed E-state index contributed by atoms with van der Waals surface area (Å²) in [5.41, 5.74) is 12.7. The van der Waals surface area contributed by atoms with Gasteiger partial charge in [-0.2, -0.15) is 0 Å². The lowest BCUT2D eigenvalue weighted by molar-refractivity contribution is 0.257. The summed E-state index contributed by atoms with van der Waals surface area (Å²) in [5.74, 6) is 0.169. The summed E-state index contributed by atoms with van der Waals surface area (Å²) in [7, 11) is -3.48. The van der Waals surface area contributed by atoms with E-state index in [1.54, 1.807) is 0 Å². The van der Waals surface area contributed by atoms with Gasteiger partial charge in [0.15, 0.2) is 9.92 Å². The number of anilines is 1. The molecule has 35 heavy (non-hydrogen) atoms. The van der Waals surface area contributed by atoms with E-state index in [2.05, 4.69) is 25.5 Å².